The van der Waals surface area contributed by atoms with Crippen LogP contribution in [0.2, 0.25) is 0 Å². The lowest BCUT2D eigenvalue weighted by Gasteiger charge is -2.37. The summed E-state index contributed by atoms with van der Waals surface area (Å²) >= 11 is 1.79. The molecule has 0 spiro atoms. The standard InChI is InChI=1S/C19H19N5S/c1-14(19-22-16-4-2-3-5-17(16)25-19)23-8-10-24(11-9-23)18-7-6-15(12-20)13-21-18/h2-7,13-14H,8-11H2,1H3/t14-/m0/s1. The molecule has 3 aromatic rings. The quantitative estimate of drug-likeness (QED) is 0.725. The molecule has 0 radical (unpaired) electrons. The lowest BCUT2D eigenvalue weighted by Crippen LogP contribution is -2.47. The summed E-state index contributed by atoms with van der Waals surface area (Å²) in [7, 11) is 0. The Morgan fingerprint density at radius 1 is 1.12 bits per heavy atom. The summed E-state index contributed by atoms with van der Waals surface area (Å²) in [6, 6.07) is 14.5. The summed E-state index contributed by atoms with van der Waals surface area (Å²) in [6.07, 6.45) is 1.64. The lowest BCUT2D eigenvalue weighted by atomic mass is 10.2. The third kappa shape index (κ3) is 3.21. The van der Waals surface area contributed by atoms with Crippen LogP contribution in [0.25, 0.3) is 10.2 Å². The molecule has 0 amide bonds. The molecule has 3 heterocycles. The number of rotatable bonds is 3. The molecule has 1 fully saturated rings. The number of thiazole rings is 1. The number of aromatic nitrogens is 2. The maximum atomic E-state index is 8.88. The molecule has 1 aliphatic heterocycles. The van der Waals surface area contributed by atoms with Crippen LogP contribution in [-0.4, -0.2) is 41.0 Å². The van der Waals surface area contributed by atoms with Crippen LogP contribution in [0, 0.1) is 11.3 Å². The molecule has 0 N–H and O–H groups in total. The van der Waals surface area contributed by atoms with Crippen molar-refractivity contribution in [2.75, 3.05) is 31.1 Å². The molecular weight excluding hydrogens is 330 g/mol. The zero-order valence-corrected chi connectivity index (χ0v) is 14.9. The maximum Gasteiger partial charge on any atom is 0.128 e. The molecule has 1 atom stereocenters. The number of hydrogen-bond acceptors (Lipinski definition) is 6. The van der Waals surface area contributed by atoms with Crippen LogP contribution in [0.5, 0.6) is 0 Å². The Morgan fingerprint density at radius 2 is 1.92 bits per heavy atom. The van der Waals surface area contributed by atoms with Crippen molar-refractivity contribution >= 4 is 27.4 Å². The fraction of sp³-hybridized carbons (Fsp3) is 0.316. The van der Waals surface area contributed by atoms with Crippen LogP contribution >= 0.6 is 11.3 Å². The van der Waals surface area contributed by atoms with Crippen molar-refractivity contribution in [1.29, 1.82) is 5.26 Å². The van der Waals surface area contributed by atoms with Gasteiger partial charge in [-0.25, -0.2) is 9.97 Å². The number of benzene rings is 1. The van der Waals surface area contributed by atoms with Crippen LogP contribution in [0.1, 0.15) is 23.5 Å². The Bertz CT molecular complexity index is 870. The van der Waals surface area contributed by atoms with Gasteiger partial charge in [0.05, 0.1) is 21.8 Å². The monoisotopic (exact) mass is 349 g/mol. The SMILES string of the molecule is C[C@@H](c1nc2ccccc2s1)N1CCN(c2ccc(C#N)cn2)CC1. The predicted octanol–water partition coefficient (Wildman–Crippen LogP) is 3.45. The average Bonchev–Trinajstić information content (AvgIpc) is 3.12. The van der Waals surface area contributed by atoms with Gasteiger partial charge in [0, 0.05) is 32.4 Å². The highest BCUT2D eigenvalue weighted by Crippen LogP contribution is 2.30. The van der Waals surface area contributed by atoms with Crippen LogP contribution in [0.15, 0.2) is 42.6 Å². The van der Waals surface area contributed by atoms with Gasteiger partial charge < -0.3 is 4.90 Å². The summed E-state index contributed by atoms with van der Waals surface area (Å²) < 4.78 is 1.25. The highest BCUT2D eigenvalue weighted by molar-refractivity contribution is 7.18. The molecule has 0 unspecified atom stereocenters. The first-order valence-electron chi connectivity index (χ1n) is 8.45. The number of fused-ring (bicyclic) bond motifs is 1. The van der Waals surface area contributed by atoms with Crippen molar-refractivity contribution in [3.63, 3.8) is 0 Å². The van der Waals surface area contributed by atoms with E-state index in [9.17, 15) is 0 Å². The molecule has 6 heteroatoms. The number of pyridine rings is 1. The summed E-state index contributed by atoms with van der Waals surface area (Å²) in [5.74, 6) is 0.950. The first-order valence-corrected chi connectivity index (χ1v) is 9.27. The Hall–Kier alpha value is -2.49. The lowest BCUT2D eigenvalue weighted by molar-refractivity contribution is 0.198. The number of hydrogen-bond donors (Lipinski definition) is 0. The minimum atomic E-state index is 0.327. The summed E-state index contributed by atoms with van der Waals surface area (Å²) in [4.78, 5) is 14.0. The summed E-state index contributed by atoms with van der Waals surface area (Å²) in [5, 5.41) is 10.1. The zero-order chi connectivity index (χ0) is 17.2. The molecule has 126 valence electrons. The molecular formula is C19H19N5S. The van der Waals surface area contributed by atoms with Crippen molar-refractivity contribution in [2.45, 2.75) is 13.0 Å². The van der Waals surface area contributed by atoms with E-state index in [1.807, 2.05) is 18.2 Å². The minimum absolute atomic E-state index is 0.327. The van der Waals surface area contributed by atoms with Gasteiger partial charge in [-0.3, -0.25) is 4.90 Å². The molecule has 1 saturated heterocycles. The van der Waals surface area contributed by atoms with Gasteiger partial charge in [0.15, 0.2) is 0 Å². The van der Waals surface area contributed by atoms with Crippen molar-refractivity contribution in [1.82, 2.24) is 14.9 Å². The second kappa shape index (κ2) is 6.79. The summed E-state index contributed by atoms with van der Waals surface area (Å²) in [6.45, 7) is 6.09. The topological polar surface area (TPSA) is 56.1 Å². The molecule has 0 bridgehead atoms. The molecule has 0 aliphatic carbocycles. The Labute approximate surface area is 151 Å². The molecule has 1 aromatic carbocycles. The smallest absolute Gasteiger partial charge is 0.128 e. The highest BCUT2D eigenvalue weighted by atomic mass is 32.1. The van der Waals surface area contributed by atoms with Gasteiger partial charge in [-0.15, -0.1) is 11.3 Å². The van der Waals surface area contributed by atoms with E-state index in [2.05, 4.69) is 46.0 Å². The molecule has 5 nitrogen and oxygen atoms in total. The van der Waals surface area contributed by atoms with Crippen LogP contribution in [0.3, 0.4) is 0 Å². The van der Waals surface area contributed by atoms with Crippen LogP contribution in [-0.2, 0) is 0 Å². The molecule has 25 heavy (non-hydrogen) atoms. The van der Waals surface area contributed by atoms with E-state index >= 15 is 0 Å². The van der Waals surface area contributed by atoms with E-state index in [-0.39, 0.29) is 0 Å². The molecule has 4 rings (SSSR count). The van der Waals surface area contributed by atoms with E-state index in [1.54, 1.807) is 17.5 Å². The molecule has 1 aliphatic rings. The van der Waals surface area contributed by atoms with E-state index in [0.29, 0.717) is 11.6 Å². The number of nitriles is 1. The first kappa shape index (κ1) is 16.0. The van der Waals surface area contributed by atoms with E-state index in [1.165, 1.54) is 9.71 Å². The number of nitrogens with zero attached hydrogens (tertiary/aromatic N) is 5. The van der Waals surface area contributed by atoms with Gasteiger partial charge >= 0.3 is 0 Å². The van der Waals surface area contributed by atoms with Crippen molar-refractivity contribution in [3.05, 3.63) is 53.2 Å². The Morgan fingerprint density at radius 3 is 2.60 bits per heavy atom. The van der Waals surface area contributed by atoms with E-state index in [0.717, 1.165) is 37.5 Å². The third-order valence-electron chi connectivity index (χ3n) is 4.73. The zero-order valence-electron chi connectivity index (χ0n) is 14.1. The van der Waals surface area contributed by atoms with Crippen LogP contribution < -0.4 is 4.90 Å². The molecule has 0 saturated carbocycles. The van der Waals surface area contributed by atoms with Gasteiger partial charge in [-0.05, 0) is 31.2 Å². The fourth-order valence-electron chi connectivity index (χ4n) is 3.20. The predicted molar refractivity (Wildman–Crippen MR) is 101 cm³/mol. The minimum Gasteiger partial charge on any atom is -0.354 e. The first-order chi connectivity index (χ1) is 12.2. The largest absolute Gasteiger partial charge is 0.354 e. The number of piperazine rings is 1. The van der Waals surface area contributed by atoms with Gasteiger partial charge in [-0.2, -0.15) is 5.26 Å². The Balaban J connectivity index is 1.43. The maximum absolute atomic E-state index is 8.88. The van der Waals surface area contributed by atoms with Gasteiger partial charge in [0.1, 0.15) is 16.9 Å². The van der Waals surface area contributed by atoms with E-state index < -0.39 is 0 Å². The number of para-hydroxylation sites is 1. The fourth-order valence-corrected chi connectivity index (χ4v) is 4.26. The number of anilines is 1. The second-order valence-electron chi connectivity index (χ2n) is 6.24. The average molecular weight is 349 g/mol. The van der Waals surface area contributed by atoms with Crippen molar-refractivity contribution in [3.8, 4) is 6.07 Å². The van der Waals surface area contributed by atoms with Crippen LogP contribution in [0.4, 0.5) is 5.82 Å². The van der Waals surface area contributed by atoms with Crippen molar-refractivity contribution in [2.24, 2.45) is 0 Å². The normalized spacial score (nSPS) is 16.7. The third-order valence-corrected chi connectivity index (χ3v) is 5.94. The summed E-state index contributed by atoms with van der Waals surface area (Å²) in [5.41, 5.74) is 1.70. The molecule has 2 aromatic heterocycles. The van der Waals surface area contributed by atoms with Crippen molar-refractivity contribution < 1.29 is 0 Å². The van der Waals surface area contributed by atoms with Gasteiger partial charge in [0.2, 0.25) is 0 Å². The Kier molecular flexibility index (Phi) is 4.35. The van der Waals surface area contributed by atoms with Gasteiger partial charge in [-0.1, -0.05) is 12.1 Å². The highest BCUT2D eigenvalue weighted by Gasteiger charge is 2.24. The van der Waals surface area contributed by atoms with E-state index in [4.69, 9.17) is 10.2 Å². The van der Waals surface area contributed by atoms with Gasteiger partial charge in [0.25, 0.3) is 0 Å². The second-order valence-corrected chi connectivity index (χ2v) is 7.30.